The van der Waals surface area contributed by atoms with Gasteiger partial charge in [-0.05, 0) is 12.1 Å². The minimum absolute atomic E-state index is 0.556. The number of carbonyl (C=O) groups is 1. The van der Waals surface area contributed by atoms with Gasteiger partial charge < -0.3 is 10.3 Å². The zero-order chi connectivity index (χ0) is 8.27. The van der Waals surface area contributed by atoms with Gasteiger partial charge in [0.1, 0.15) is 5.49 Å². The van der Waals surface area contributed by atoms with Crippen molar-refractivity contribution in [2.24, 2.45) is 17.8 Å². The number of hydrogen-bond acceptors (Lipinski definition) is 1. The van der Waals surface area contributed by atoms with E-state index in [1.807, 2.05) is 6.07 Å². The molecule has 0 aliphatic rings. The Morgan fingerprint density at radius 3 is 2.91 bits per heavy atom. The second-order valence-corrected chi connectivity index (χ2v) is 2.12. The fourth-order valence-electron chi connectivity index (χ4n) is 0.743. The Morgan fingerprint density at radius 1 is 1.64 bits per heavy atom. The van der Waals surface area contributed by atoms with Gasteiger partial charge >= 0.3 is 6.03 Å². The first-order valence-corrected chi connectivity index (χ1v) is 3.16. The second-order valence-electron chi connectivity index (χ2n) is 2.12. The number of hydrogen-bond donors (Lipinski definition) is 1. The van der Waals surface area contributed by atoms with Crippen LogP contribution in [0.4, 0.5) is 4.79 Å². The molecular formula is C7H9N3O. The maximum absolute atomic E-state index is 10.4. The van der Waals surface area contributed by atoms with E-state index in [0.29, 0.717) is 5.49 Å². The molecule has 0 unspecified atom stereocenters. The lowest BCUT2D eigenvalue weighted by Crippen LogP contribution is -2.20. The molecule has 1 aromatic rings. The predicted molar refractivity (Wildman–Crippen MR) is 40.6 cm³/mol. The van der Waals surface area contributed by atoms with E-state index in [1.54, 1.807) is 29.9 Å². The van der Waals surface area contributed by atoms with E-state index in [9.17, 15) is 4.79 Å². The van der Waals surface area contributed by atoms with E-state index < -0.39 is 6.03 Å². The molecule has 0 atom stereocenters. The summed E-state index contributed by atoms with van der Waals surface area (Å²) in [5.41, 5.74) is 5.43. The van der Waals surface area contributed by atoms with Crippen molar-refractivity contribution in [3.8, 4) is 0 Å². The minimum Gasteiger partial charge on any atom is -0.350 e. The number of nitrogens with two attached hydrogens (primary N) is 1. The van der Waals surface area contributed by atoms with Gasteiger partial charge in [-0.1, -0.05) is 6.07 Å². The number of primary amides is 1. The summed E-state index contributed by atoms with van der Waals surface area (Å²) >= 11 is 0. The predicted octanol–water partition coefficient (Wildman–Crippen LogP) is 0.00450. The number of pyridine rings is 1. The highest BCUT2D eigenvalue weighted by Gasteiger charge is 1.87. The summed E-state index contributed by atoms with van der Waals surface area (Å²) in [5, 5.41) is 0. The molecule has 1 aromatic heterocycles. The standard InChI is InChI=1S/C7H9N3O/c1-10-5-3-2-4-6(10)9-7(8)11/h2-5H,1H3,(H2,8,11)/b9-6+. The third-order valence-electron chi connectivity index (χ3n) is 1.25. The maximum Gasteiger partial charge on any atom is 0.340 e. The number of rotatable bonds is 0. The molecule has 2 amide bonds. The molecule has 0 radical (unpaired) electrons. The number of carbonyl (C=O) groups excluding carboxylic acids is 1. The van der Waals surface area contributed by atoms with E-state index in [2.05, 4.69) is 4.99 Å². The summed E-state index contributed by atoms with van der Waals surface area (Å²) in [6.45, 7) is 0. The monoisotopic (exact) mass is 151 g/mol. The lowest BCUT2D eigenvalue weighted by molar-refractivity contribution is 0.256. The third-order valence-corrected chi connectivity index (χ3v) is 1.25. The fraction of sp³-hybridized carbons (Fsp3) is 0.143. The van der Waals surface area contributed by atoms with Crippen LogP contribution in [0.15, 0.2) is 29.4 Å². The van der Waals surface area contributed by atoms with Crippen molar-refractivity contribution in [3.63, 3.8) is 0 Å². The summed E-state index contributed by atoms with van der Waals surface area (Å²) in [6, 6.07) is 4.68. The summed E-state index contributed by atoms with van der Waals surface area (Å²) in [7, 11) is 1.79. The minimum atomic E-state index is -0.674. The van der Waals surface area contributed by atoms with Gasteiger partial charge in [-0.15, -0.1) is 0 Å². The van der Waals surface area contributed by atoms with Crippen molar-refractivity contribution < 1.29 is 4.79 Å². The summed E-state index contributed by atoms with van der Waals surface area (Å²) in [6.07, 6.45) is 1.79. The molecule has 11 heavy (non-hydrogen) atoms. The smallest absolute Gasteiger partial charge is 0.340 e. The Labute approximate surface area is 64.0 Å². The van der Waals surface area contributed by atoms with Gasteiger partial charge in [0.15, 0.2) is 0 Å². The quantitative estimate of drug-likeness (QED) is 0.557. The van der Waals surface area contributed by atoms with Gasteiger partial charge in [0.2, 0.25) is 0 Å². The van der Waals surface area contributed by atoms with Crippen LogP contribution in [0, 0.1) is 0 Å². The molecule has 1 heterocycles. The Balaban J connectivity index is 3.23. The van der Waals surface area contributed by atoms with Gasteiger partial charge in [-0.3, -0.25) is 0 Å². The van der Waals surface area contributed by atoms with Crippen molar-refractivity contribution in [1.29, 1.82) is 0 Å². The molecular weight excluding hydrogens is 142 g/mol. The topological polar surface area (TPSA) is 60.4 Å². The summed E-state index contributed by atoms with van der Waals surface area (Å²) in [5.74, 6) is 0. The number of urea groups is 1. The Hall–Kier alpha value is -1.58. The SMILES string of the molecule is Cn1cccc/c1=N\C(N)=O. The number of aryl methyl sites for hydroxylation is 1. The van der Waals surface area contributed by atoms with Crippen molar-refractivity contribution in [3.05, 3.63) is 29.9 Å². The number of amides is 2. The highest BCUT2D eigenvalue weighted by Crippen LogP contribution is 1.76. The van der Waals surface area contributed by atoms with Crippen molar-refractivity contribution in [2.75, 3.05) is 0 Å². The van der Waals surface area contributed by atoms with Gasteiger partial charge in [0, 0.05) is 13.2 Å². The van der Waals surface area contributed by atoms with E-state index in [0.717, 1.165) is 0 Å². The first-order chi connectivity index (χ1) is 5.20. The van der Waals surface area contributed by atoms with Crippen LogP contribution in [0.5, 0.6) is 0 Å². The molecule has 0 aromatic carbocycles. The van der Waals surface area contributed by atoms with Gasteiger partial charge in [0.05, 0.1) is 0 Å². The van der Waals surface area contributed by atoms with Crippen LogP contribution in [-0.4, -0.2) is 10.6 Å². The normalized spacial score (nSPS) is 11.5. The zero-order valence-corrected chi connectivity index (χ0v) is 6.19. The molecule has 58 valence electrons. The van der Waals surface area contributed by atoms with Crippen LogP contribution in [0.25, 0.3) is 0 Å². The van der Waals surface area contributed by atoms with Gasteiger partial charge in [-0.2, -0.15) is 4.99 Å². The van der Waals surface area contributed by atoms with E-state index in [4.69, 9.17) is 5.73 Å². The van der Waals surface area contributed by atoms with E-state index in [1.165, 1.54) is 0 Å². The van der Waals surface area contributed by atoms with Gasteiger partial charge in [0.25, 0.3) is 0 Å². The molecule has 0 aliphatic heterocycles. The molecule has 2 N–H and O–H groups in total. The van der Waals surface area contributed by atoms with Crippen LogP contribution in [-0.2, 0) is 7.05 Å². The molecule has 0 bridgehead atoms. The summed E-state index contributed by atoms with van der Waals surface area (Å²) < 4.78 is 1.71. The molecule has 0 saturated carbocycles. The van der Waals surface area contributed by atoms with Crippen molar-refractivity contribution in [1.82, 2.24) is 4.57 Å². The summed E-state index contributed by atoms with van der Waals surface area (Å²) in [4.78, 5) is 13.9. The first-order valence-electron chi connectivity index (χ1n) is 3.16. The Kier molecular flexibility index (Phi) is 2.06. The molecule has 4 nitrogen and oxygen atoms in total. The van der Waals surface area contributed by atoms with E-state index in [-0.39, 0.29) is 0 Å². The molecule has 0 aliphatic carbocycles. The fourth-order valence-corrected chi connectivity index (χ4v) is 0.743. The van der Waals surface area contributed by atoms with E-state index >= 15 is 0 Å². The molecule has 0 spiro atoms. The highest BCUT2D eigenvalue weighted by molar-refractivity contribution is 5.72. The van der Waals surface area contributed by atoms with Crippen LogP contribution in [0.1, 0.15) is 0 Å². The third kappa shape index (κ3) is 1.93. The Bertz CT molecular complexity index is 326. The lowest BCUT2D eigenvalue weighted by Gasteiger charge is -1.95. The van der Waals surface area contributed by atoms with Crippen LogP contribution < -0.4 is 11.2 Å². The maximum atomic E-state index is 10.4. The average molecular weight is 151 g/mol. The van der Waals surface area contributed by atoms with Gasteiger partial charge in [-0.25, -0.2) is 4.79 Å². The first kappa shape index (κ1) is 7.53. The largest absolute Gasteiger partial charge is 0.350 e. The molecule has 1 rings (SSSR count). The lowest BCUT2D eigenvalue weighted by atomic mass is 10.5. The van der Waals surface area contributed by atoms with Crippen molar-refractivity contribution in [2.45, 2.75) is 0 Å². The zero-order valence-electron chi connectivity index (χ0n) is 6.19. The van der Waals surface area contributed by atoms with Crippen LogP contribution in [0.3, 0.4) is 0 Å². The second kappa shape index (κ2) is 3.01. The Morgan fingerprint density at radius 2 is 2.36 bits per heavy atom. The molecule has 0 fully saturated rings. The van der Waals surface area contributed by atoms with Crippen LogP contribution in [0.2, 0.25) is 0 Å². The molecule has 0 saturated heterocycles. The highest BCUT2D eigenvalue weighted by atomic mass is 16.2. The number of aromatic nitrogens is 1. The van der Waals surface area contributed by atoms with Crippen LogP contribution >= 0.6 is 0 Å². The number of nitrogens with zero attached hydrogens (tertiary/aromatic N) is 2. The average Bonchev–Trinajstić information content (AvgIpc) is 1.93. The molecule has 4 heteroatoms. The van der Waals surface area contributed by atoms with Crippen molar-refractivity contribution >= 4 is 6.03 Å².